The lowest BCUT2D eigenvalue weighted by molar-refractivity contribution is -0.201. The van der Waals surface area contributed by atoms with Gasteiger partial charge >= 0.3 is 0 Å². The van der Waals surface area contributed by atoms with Crippen LogP contribution in [0.5, 0.6) is 0 Å². The van der Waals surface area contributed by atoms with Crippen LogP contribution in [0.4, 0.5) is 0 Å². The van der Waals surface area contributed by atoms with Crippen molar-refractivity contribution < 1.29 is 14.2 Å². The molecule has 0 aromatic rings. The van der Waals surface area contributed by atoms with Gasteiger partial charge in [0.1, 0.15) is 0 Å². The molecule has 0 saturated carbocycles. The summed E-state index contributed by atoms with van der Waals surface area (Å²) in [4.78, 5) is 0. The monoisotopic (exact) mass is 192 g/mol. The van der Waals surface area contributed by atoms with Gasteiger partial charge in [-0.05, 0) is 20.8 Å². The minimum Gasteiger partial charge on any atom is -0.377 e. The predicted octanol–water partition coefficient (Wildman–Crippen LogP) is 0.115. The standard InChI is InChI=1S/C8H20O3Si/c1-4-9-7-8(12,10-5-2)11-6-3/h4-7H2,1-3,12H3. The molecular weight excluding hydrogens is 172 g/mol. The van der Waals surface area contributed by atoms with Crippen LogP contribution in [-0.4, -0.2) is 42.1 Å². The predicted molar refractivity (Wildman–Crippen MR) is 52.4 cm³/mol. The molecule has 0 aromatic heterocycles. The van der Waals surface area contributed by atoms with E-state index in [4.69, 9.17) is 14.2 Å². The van der Waals surface area contributed by atoms with Gasteiger partial charge in [0.2, 0.25) is 0 Å². The third-order valence-electron chi connectivity index (χ3n) is 1.47. The first-order valence-electron chi connectivity index (χ1n) is 4.54. The Hall–Kier alpha value is 0.0969. The maximum absolute atomic E-state index is 5.49. The maximum atomic E-state index is 5.49. The molecule has 0 radical (unpaired) electrons. The molecule has 3 nitrogen and oxygen atoms in total. The smallest absolute Gasteiger partial charge is 0.163 e. The quantitative estimate of drug-likeness (QED) is 0.423. The van der Waals surface area contributed by atoms with Crippen LogP contribution in [0.25, 0.3) is 0 Å². The fraction of sp³-hybridized carbons (Fsp3) is 1.00. The third kappa shape index (κ3) is 4.87. The van der Waals surface area contributed by atoms with Gasteiger partial charge in [0.15, 0.2) is 5.41 Å². The molecule has 0 N–H and O–H groups in total. The van der Waals surface area contributed by atoms with Crippen molar-refractivity contribution in [2.24, 2.45) is 0 Å². The minimum atomic E-state index is -0.431. The van der Waals surface area contributed by atoms with Crippen molar-refractivity contribution in [3.63, 3.8) is 0 Å². The Morgan fingerprint density at radius 2 is 1.50 bits per heavy atom. The van der Waals surface area contributed by atoms with Gasteiger partial charge < -0.3 is 14.2 Å². The molecule has 0 spiro atoms. The van der Waals surface area contributed by atoms with E-state index in [2.05, 4.69) is 0 Å². The first-order valence-corrected chi connectivity index (χ1v) is 5.54. The van der Waals surface area contributed by atoms with Crippen LogP contribution in [0.2, 0.25) is 0 Å². The summed E-state index contributed by atoms with van der Waals surface area (Å²) in [5.74, 6) is 0. The van der Waals surface area contributed by atoms with E-state index in [9.17, 15) is 0 Å². The zero-order chi connectivity index (χ0) is 9.45. The van der Waals surface area contributed by atoms with Crippen LogP contribution >= 0.6 is 0 Å². The van der Waals surface area contributed by atoms with Gasteiger partial charge in [-0.3, -0.25) is 0 Å². The van der Waals surface area contributed by atoms with Crippen LogP contribution in [0.15, 0.2) is 0 Å². The molecule has 0 heterocycles. The molecule has 12 heavy (non-hydrogen) atoms. The van der Waals surface area contributed by atoms with Crippen molar-refractivity contribution in [1.29, 1.82) is 0 Å². The van der Waals surface area contributed by atoms with Gasteiger partial charge in [0.05, 0.1) is 16.8 Å². The molecule has 0 atom stereocenters. The van der Waals surface area contributed by atoms with Crippen molar-refractivity contribution >= 4 is 10.2 Å². The second-order valence-corrected chi connectivity index (χ2v) is 4.16. The topological polar surface area (TPSA) is 27.7 Å². The summed E-state index contributed by atoms with van der Waals surface area (Å²) in [6.45, 7) is 8.53. The Kier molecular flexibility index (Phi) is 6.65. The summed E-state index contributed by atoms with van der Waals surface area (Å²) in [6, 6.07) is 0. The molecule has 0 amide bonds. The highest BCUT2D eigenvalue weighted by molar-refractivity contribution is 6.13. The van der Waals surface area contributed by atoms with E-state index in [1.165, 1.54) is 0 Å². The highest BCUT2D eigenvalue weighted by Crippen LogP contribution is 2.08. The summed E-state index contributed by atoms with van der Waals surface area (Å²) in [6.07, 6.45) is 0. The van der Waals surface area contributed by atoms with Gasteiger partial charge in [-0.1, -0.05) is 0 Å². The maximum Gasteiger partial charge on any atom is 0.163 e. The summed E-state index contributed by atoms with van der Waals surface area (Å²) < 4.78 is 16.3. The summed E-state index contributed by atoms with van der Waals surface area (Å²) in [5, 5.41) is 0. The summed E-state index contributed by atoms with van der Waals surface area (Å²) >= 11 is 0. The highest BCUT2D eigenvalue weighted by atomic mass is 28.1. The number of rotatable bonds is 7. The number of hydrogen-bond acceptors (Lipinski definition) is 3. The molecule has 0 saturated heterocycles. The Balaban J connectivity index is 3.80. The first-order chi connectivity index (χ1) is 5.68. The SMILES string of the molecule is CCOCC([SiH3])(OCC)OCC. The van der Waals surface area contributed by atoms with Gasteiger partial charge in [-0.25, -0.2) is 0 Å². The lowest BCUT2D eigenvalue weighted by atomic mass is 10.6. The molecule has 0 aliphatic heterocycles. The van der Waals surface area contributed by atoms with Crippen molar-refractivity contribution in [1.82, 2.24) is 0 Å². The molecule has 74 valence electrons. The second kappa shape index (κ2) is 6.60. The molecule has 4 heteroatoms. The van der Waals surface area contributed by atoms with Gasteiger partial charge in [0, 0.05) is 19.8 Å². The summed E-state index contributed by atoms with van der Waals surface area (Å²) in [5.41, 5.74) is -0.431. The molecule has 0 unspecified atom stereocenters. The lowest BCUT2D eigenvalue weighted by Gasteiger charge is -2.29. The van der Waals surface area contributed by atoms with Gasteiger partial charge in [0.25, 0.3) is 0 Å². The zero-order valence-electron chi connectivity index (χ0n) is 8.55. The van der Waals surface area contributed by atoms with E-state index in [0.717, 1.165) is 10.2 Å². The van der Waals surface area contributed by atoms with Crippen LogP contribution in [0, 0.1) is 0 Å². The second-order valence-electron chi connectivity index (χ2n) is 2.64. The Morgan fingerprint density at radius 3 is 1.83 bits per heavy atom. The van der Waals surface area contributed by atoms with Crippen molar-refractivity contribution in [2.45, 2.75) is 26.2 Å². The number of ether oxygens (including phenoxy) is 3. The molecule has 0 bridgehead atoms. The molecule has 0 rings (SSSR count). The van der Waals surface area contributed by atoms with Crippen molar-refractivity contribution in [3.05, 3.63) is 0 Å². The van der Waals surface area contributed by atoms with Gasteiger partial charge in [-0.15, -0.1) is 0 Å². The van der Waals surface area contributed by atoms with E-state index in [-0.39, 0.29) is 0 Å². The Labute approximate surface area is 77.8 Å². The normalized spacial score (nSPS) is 12.2. The van der Waals surface area contributed by atoms with Crippen molar-refractivity contribution in [2.75, 3.05) is 26.4 Å². The fourth-order valence-corrected chi connectivity index (χ4v) is 1.80. The van der Waals surface area contributed by atoms with Crippen LogP contribution < -0.4 is 0 Å². The van der Waals surface area contributed by atoms with Crippen LogP contribution in [0.3, 0.4) is 0 Å². The number of hydrogen-bond donors (Lipinski definition) is 0. The van der Waals surface area contributed by atoms with Crippen LogP contribution in [0.1, 0.15) is 20.8 Å². The van der Waals surface area contributed by atoms with E-state index >= 15 is 0 Å². The van der Waals surface area contributed by atoms with E-state index in [1.54, 1.807) is 0 Å². The van der Waals surface area contributed by atoms with E-state index in [1.807, 2.05) is 20.8 Å². The van der Waals surface area contributed by atoms with E-state index < -0.39 is 5.41 Å². The Bertz CT molecular complexity index is 102. The zero-order valence-corrected chi connectivity index (χ0v) is 10.6. The minimum absolute atomic E-state index is 0.431. The lowest BCUT2D eigenvalue weighted by Crippen LogP contribution is -2.41. The first kappa shape index (κ1) is 12.1. The van der Waals surface area contributed by atoms with Crippen molar-refractivity contribution in [3.8, 4) is 0 Å². The average Bonchev–Trinajstić information content (AvgIpc) is 2.02. The molecule has 0 aromatic carbocycles. The molecule has 0 fully saturated rings. The largest absolute Gasteiger partial charge is 0.377 e. The van der Waals surface area contributed by atoms with Gasteiger partial charge in [-0.2, -0.15) is 0 Å². The Morgan fingerprint density at radius 1 is 1.00 bits per heavy atom. The molecule has 0 aliphatic carbocycles. The highest BCUT2D eigenvalue weighted by Gasteiger charge is 2.24. The fourth-order valence-electron chi connectivity index (χ4n) is 1.02. The summed E-state index contributed by atoms with van der Waals surface area (Å²) in [7, 11) is 0.833. The van der Waals surface area contributed by atoms with E-state index in [0.29, 0.717) is 26.4 Å². The molecular formula is C8H20O3Si. The third-order valence-corrected chi connectivity index (χ3v) is 2.33. The van der Waals surface area contributed by atoms with Crippen LogP contribution in [-0.2, 0) is 14.2 Å². The molecule has 0 aliphatic rings. The average molecular weight is 192 g/mol.